The van der Waals surface area contributed by atoms with Crippen LogP contribution in [0.15, 0.2) is 53.7 Å². The maximum absolute atomic E-state index is 13.9. The molecule has 9 heteroatoms. The van der Waals surface area contributed by atoms with E-state index in [1.807, 2.05) is 0 Å². The number of halogens is 4. The molecule has 3 aromatic rings. The quantitative estimate of drug-likeness (QED) is 0.215. The monoisotopic (exact) mass is 375 g/mol. The molecule has 0 unspecified atom stereocenters. The summed E-state index contributed by atoms with van der Waals surface area (Å²) in [6, 6.07) is 7.84. The van der Waals surface area contributed by atoms with Crippen molar-refractivity contribution in [1.82, 2.24) is 10.4 Å². The molecule has 5 N–H and O–H groups in total. The summed E-state index contributed by atoms with van der Waals surface area (Å²) >= 11 is 0. The largest absolute Gasteiger partial charge is 0.383 e. The number of benzene rings is 2. The van der Waals surface area contributed by atoms with Crippen molar-refractivity contribution < 1.29 is 17.6 Å². The van der Waals surface area contributed by atoms with Gasteiger partial charge >= 0.3 is 0 Å². The Hall–Kier alpha value is -3.46. The number of nitrogens with zero attached hydrogens (tertiary/aromatic N) is 2. The lowest BCUT2D eigenvalue weighted by Crippen LogP contribution is -2.31. The summed E-state index contributed by atoms with van der Waals surface area (Å²) in [5.41, 5.74) is 8.42. The lowest BCUT2D eigenvalue weighted by molar-refractivity contribution is 0.510. The molecule has 0 aliphatic carbocycles. The Bertz CT molecular complexity index is 1020. The van der Waals surface area contributed by atoms with Crippen LogP contribution >= 0.6 is 0 Å². The Kier molecular flexibility index (Phi) is 5.04. The van der Waals surface area contributed by atoms with Crippen LogP contribution in [0.5, 0.6) is 0 Å². The van der Waals surface area contributed by atoms with Gasteiger partial charge in [-0.1, -0.05) is 6.07 Å². The molecular formula is C18H13F4N5. The molecule has 0 aliphatic heterocycles. The van der Waals surface area contributed by atoms with Gasteiger partial charge in [0, 0.05) is 17.8 Å². The number of nitrogen functional groups attached to an aromatic ring is 1. The Morgan fingerprint density at radius 2 is 1.67 bits per heavy atom. The van der Waals surface area contributed by atoms with Crippen molar-refractivity contribution in [3.8, 4) is 11.1 Å². The fourth-order valence-electron chi connectivity index (χ4n) is 2.41. The first-order valence-electron chi connectivity index (χ1n) is 7.60. The first-order valence-corrected chi connectivity index (χ1v) is 7.60. The second-order valence-corrected chi connectivity index (χ2v) is 5.49. The molecule has 0 amide bonds. The summed E-state index contributed by atoms with van der Waals surface area (Å²) in [4.78, 5) is 7.89. The molecule has 0 fully saturated rings. The van der Waals surface area contributed by atoms with Crippen LogP contribution in [0.25, 0.3) is 11.1 Å². The second kappa shape index (κ2) is 7.42. The predicted molar refractivity (Wildman–Crippen MR) is 93.9 cm³/mol. The third-order valence-corrected chi connectivity index (χ3v) is 3.67. The minimum atomic E-state index is -1.17. The van der Waals surface area contributed by atoms with Gasteiger partial charge in [-0.25, -0.2) is 33.4 Å². The highest BCUT2D eigenvalue weighted by atomic mass is 19.2. The topological polar surface area (TPSA) is 89.3 Å². The average molecular weight is 375 g/mol. The van der Waals surface area contributed by atoms with Gasteiger partial charge < -0.3 is 11.2 Å². The normalized spacial score (nSPS) is 11.5. The van der Waals surface area contributed by atoms with E-state index in [1.54, 1.807) is 0 Å². The molecule has 3 rings (SSSR count). The standard InChI is InChI=1S/C18H13F4N5/c19-11-4-9(5-12(20)7-11)10-6-13(17(23)25-8-10)18(27-24)26-15-3-1-2-14(21)16(15)22/h1-8H,24H2,(H2,23,25)(H,26,27). The van der Waals surface area contributed by atoms with E-state index in [0.717, 1.165) is 24.3 Å². The van der Waals surface area contributed by atoms with E-state index in [1.165, 1.54) is 24.4 Å². The van der Waals surface area contributed by atoms with Gasteiger partial charge in [0.2, 0.25) is 0 Å². The van der Waals surface area contributed by atoms with E-state index in [0.29, 0.717) is 5.56 Å². The third kappa shape index (κ3) is 3.87. The SMILES string of the molecule is NNC(=Nc1cccc(F)c1F)c1cc(-c2cc(F)cc(F)c2)cnc1N. The van der Waals surface area contributed by atoms with Crippen molar-refractivity contribution in [3.63, 3.8) is 0 Å². The van der Waals surface area contributed by atoms with Gasteiger partial charge in [0.05, 0.1) is 5.56 Å². The van der Waals surface area contributed by atoms with E-state index >= 15 is 0 Å². The lowest BCUT2D eigenvalue weighted by atomic mass is 10.0. The fraction of sp³-hybridized carbons (Fsp3) is 0. The molecule has 2 aromatic carbocycles. The first kappa shape index (κ1) is 18.3. The number of hydrogen-bond donors (Lipinski definition) is 3. The fourth-order valence-corrected chi connectivity index (χ4v) is 2.41. The van der Waals surface area contributed by atoms with E-state index in [-0.39, 0.29) is 28.5 Å². The van der Waals surface area contributed by atoms with Crippen LogP contribution in [0.4, 0.5) is 29.1 Å². The maximum atomic E-state index is 13.9. The maximum Gasteiger partial charge on any atom is 0.184 e. The van der Waals surface area contributed by atoms with Crippen LogP contribution in [0.1, 0.15) is 5.56 Å². The molecule has 0 saturated carbocycles. The summed E-state index contributed by atoms with van der Waals surface area (Å²) in [5.74, 6) is 1.53. The summed E-state index contributed by atoms with van der Waals surface area (Å²) in [6.07, 6.45) is 1.31. The second-order valence-electron chi connectivity index (χ2n) is 5.49. The molecule has 1 heterocycles. The van der Waals surface area contributed by atoms with Gasteiger partial charge in [-0.05, 0) is 35.9 Å². The minimum absolute atomic E-state index is 0.0239. The number of pyridine rings is 1. The summed E-state index contributed by atoms with van der Waals surface area (Å²) < 4.78 is 54.2. The van der Waals surface area contributed by atoms with E-state index in [9.17, 15) is 17.6 Å². The van der Waals surface area contributed by atoms with Crippen molar-refractivity contribution >= 4 is 17.3 Å². The summed E-state index contributed by atoms with van der Waals surface area (Å²) in [5, 5.41) is 0. The van der Waals surface area contributed by atoms with Gasteiger partial charge in [0.25, 0.3) is 0 Å². The molecule has 1 aromatic heterocycles. The average Bonchev–Trinajstić information content (AvgIpc) is 2.63. The Labute approximate surface area is 151 Å². The zero-order valence-corrected chi connectivity index (χ0v) is 13.7. The van der Waals surface area contributed by atoms with Gasteiger partial charge in [-0.3, -0.25) is 0 Å². The molecule has 0 aliphatic rings. The van der Waals surface area contributed by atoms with Crippen LogP contribution < -0.4 is 17.0 Å². The van der Waals surface area contributed by atoms with Gasteiger partial charge in [0.1, 0.15) is 23.1 Å². The minimum Gasteiger partial charge on any atom is -0.383 e. The van der Waals surface area contributed by atoms with Crippen molar-refractivity contribution in [2.75, 3.05) is 5.73 Å². The molecule has 27 heavy (non-hydrogen) atoms. The number of rotatable bonds is 3. The van der Waals surface area contributed by atoms with Crippen molar-refractivity contribution in [2.24, 2.45) is 10.8 Å². The number of aliphatic imine (C=N–C) groups is 1. The van der Waals surface area contributed by atoms with E-state index in [4.69, 9.17) is 11.6 Å². The highest BCUT2D eigenvalue weighted by molar-refractivity contribution is 6.04. The van der Waals surface area contributed by atoms with Gasteiger partial charge in [-0.15, -0.1) is 0 Å². The van der Waals surface area contributed by atoms with Gasteiger partial charge in [-0.2, -0.15) is 0 Å². The van der Waals surface area contributed by atoms with Crippen LogP contribution in [0.2, 0.25) is 0 Å². The smallest absolute Gasteiger partial charge is 0.184 e. The third-order valence-electron chi connectivity index (χ3n) is 3.67. The molecule has 138 valence electrons. The van der Waals surface area contributed by atoms with E-state index < -0.39 is 23.3 Å². The van der Waals surface area contributed by atoms with Crippen molar-refractivity contribution in [2.45, 2.75) is 0 Å². The first-order chi connectivity index (χ1) is 12.9. The van der Waals surface area contributed by atoms with Crippen LogP contribution in [0, 0.1) is 23.3 Å². The number of anilines is 1. The van der Waals surface area contributed by atoms with Crippen molar-refractivity contribution in [1.29, 1.82) is 0 Å². The zero-order chi connectivity index (χ0) is 19.6. The molecule has 5 nitrogen and oxygen atoms in total. The van der Waals surface area contributed by atoms with Crippen molar-refractivity contribution in [3.05, 3.63) is 77.5 Å². The molecule has 0 bridgehead atoms. The number of aromatic nitrogens is 1. The number of hydrogen-bond acceptors (Lipinski definition) is 4. The van der Waals surface area contributed by atoms with Crippen LogP contribution in [-0.2, 0) is 0 Å². The van der Waals surface area contributed by atoms with E-state index in [2.05, 4.69) is 15.4 Å². The molecule has 0 atom stereocenters. The van der Waals surface area contributed by atoms with Crippen LogP contribution in [0.3, 0.4) is 0 Å². The number of nitrogens with one attached hydrogen (secondary N) is 1. The Morgan fingerprint density at radius 3 is 2.33 bits per heavy atom. The summed E-state index contributed by atoms with van der Waals surface area (Å²) in [7, 11) is 0. The zero-order valence-electron chi connectivity index (χ0n) is 13.7. The number of amidine groups is 1. The van der Waals surface area contributed by atoms with Gasteiger partial charge in [0.15, 0.2) is 17.5 Å². The molecule has 0 radical (unpaired) electrons. The highest BCUT2D eigenvalue weighted by Gasteiger charge is 2.14. The lowest BCUT2D eigenvalue weighted by Gasteiger charge is -2.11. The Balaban J connectivity index is 2.11. The molecule has 0 saturated heterocycles. The number of hydrazine groups is 1. The summed E-state index contributed by atoms with van der Waals surface area (Å²) in [6.45, 7) is 0. The predicted octanol–water partition coefficient (Wildman–Crippen LogP) is 3.43. The molecular weight excluding hydrogens is 362 g/mol. The van der Waals surface area contributed by atoms with Crippen LogP contribution in [-0.4, -0.2) is 10.8 Å². The number of nitrogens with two attached hydrogens (primary N) is 2. The Morgan fingerprint density at radius 1 is 0.963 bits per heavy atom. The molecule has 0 spiro atoms. The highest BCUT2D eigenvalue weighted by Crippen LogP contribution is 2.26.